The Kier molecular flexibility index (Phi) is 4.98. The third-order valence-corrected chi connectivity index (χ3v) is 4.81. The summed E-state index contributed by atoms with van der Waals surface area (Å²) in [6.07, 6.45) is 4.67. The van der Waals surface area contributed by atoms with Crippen molar-refractivity contribution in [2.75, 3.05) is 6.54 Å². The van der Waals surface area contributed by atoms with Crippen LogP contribution in [0.15, 0.2) is 35.1 Å². The maximum Gasteiger partial charge on any atom is 0.107 e. The minimum atomic E-state index is 0.816. The quantitative estimate of drug-likeness (QED) is 0.841. The van der Waals surface area contributed by atoms with Gasteiger partial charge in [0.2, 0.25) is 0 Å². The van der Waals surface area contributed by atoms with Gasteiger partial charge in [-0.05, 0) is 52.7 Å². The van der Waals surface area contributed by atoms with Crippen molar-refractivity contribution in [3.05, 3.63) is 49.8 Å². The summed E-state index contributed by atoms with van der Waals surface area (Å²) in [6.45, 7) is 1.82. The summed E-state index contributed by atoms with van der Waals surface area (Å²) in [5.41, 5.74) is 1.30. The minimum Gasteiger partial charge on any atom is -0.312 e. The van der Waals surface area contributed by atoms with Crippen LogP contribution in [0.1, 0.15) is 10.4 Å². The van der Waals surface area contributed by atoms with Crippen molar-refractivity contribution in [2.45, 2.75) is 13.0 Å². The lowest BCUT2D eigenvalue weighted by Gasteiger charge is -2.02. The van der Waals surface area contributed by atoms with Crippen LogP contribution in [0.3, 0.4) is 0 Å². The van der Waals surface area contributed by atoms with Gasteiger partial charge in [-0.25, -0.2) is 0 Å². The Morgan fingerprint density at radius 1 is 1.35 bits per heavy atom. The fourth-order valence-electron chi connectivity index (χ4n) is 1.47. The number of hydrogen-bond donors (Lipinski definition) is 1. The van der Waals surface area contributed by atoms with Crippen LogP contribution in [0.2, 0.25) is 4.34 Å². The van der Waals surface area contributed by atoms with Crippen molar-refractivity contribution in [2.24, 2.45) is 0 Å². The van der Waals surface area contributed by atoms with Gasteiger partial charge in [0.05, 0.1) is 0 Å². The van der Waals surface area contributed by atoms with Crippen LogP contribution in [-0.4, -0.2) is 11.5 Å². The van der Waals surface area contributed by atoms with Crippen LogP contribution in [0.4, 0.5) is 0 Å². The Morgan fingerprint density at radius 2 is 2.12 bits per heavy atom. The smallest absolute Gasteiger partial charge is 0.107 e. The molecule has 0 aromatic carbocycles. The van der Waals surface area contributed by atoms with Crippen LogP contribution in [-0.2, 0) is 13.0 Å². The molecule has 5 heteroatoms. The number of rotatable bonds is 5. The fourth-order valence-corrected chi connectivity index (χ4v) is 3.23. The molecule has 0 saturated carbocycles. The van der Waals surface area contributed by atoms with Crippen molar-refractivity contribution >= 4 is 38.9 Å². The number of nitrogens with one attached hydrogen (secondary N) is 1. The summed E-state index contributed by atoms with van der Waals surface area (Å²) in [6, 6.07) is 6.15. The summed E-state index contributed by atoms with van der Waals surface area (Å²) in [7, 11) is 0. The minimum absolute atomic E-state index is 0.816. The van der Waals surface area contributed by atoms with Gasteiger partial charge in [-0.2, -0.15) is 0 Å². The first-order valence-electron chi connectivity index (χ1n) is 5.29. The molecular weight excluding hydrogens is 320 g/mol. The molecule has 0 bridgehead atoms. The zero-order chi connectivity index (χ0) is 12.1. The van der Waals surface area contributed by atoms with E-state index >= 15 is 0 Å². The molecule has 0 aliphatic heterocycles. The van der Waals surface area contributed by atoms with E-state index in [4.69, 9.17) is 11.6 Å². The summed E-state index contributed by atoms with van der Waals surface area (Å²) in [5.74, 6) is 0. The van der Waals surface area contributed by atoms with Crippen LogP contribution < -0.4 is 5.32 Å². The number of pyridine rings is 1. The van der Waals surface area contributed by atoms with E-state index in [0.717, 1.165) is 28.3 Å². The van der Waals surface area contributed by atoms with E-state index in [-0.39, 0.29) is 0 Å². The molecule has 0 fully saturated rings. The van der Waals surface area contributed by atoms with Crippen LogP contribution in [0.25, 0.3) is 0 Å². The van der Waals surface area contributed by atoms with E-state index in [1.165, 1.54) is 10.4 Å². The predicted octanol–water partition coefficient (Wildman–Crippen LogP) is 3.89. The highest BCUT2D eigenvalue weighted by molar-refractivity contribution is 9.10. The van der Waals surface area contributed by atoms with Crippen molar-refractivity contribution in [3.8, 4) is 0 Å². The molecule has 2 aromatic rings. The monoisotopic (exact) mass is 330 g/mol. The van der Waals surface area contributed by atoms with Gasteiger partial charge in [0.15, 0.2) is 0 Å². The zero-order valence-electron chi connectivity index (χ0n) is 9.12. The third kappa shape index (κ3) is 4.07. The van der Waals surface area contributed by atoms with Gasteiger partial charge < -0.3 is 5.32 Å². The van der Waals surface area contributed by atoms with E-state index < -0.39 is 0 Å². The van der Waals surface area contributed by atoms with Crippen LogP contribution >= 0.6 is 38.9 Å². The Labute approximate surface area is 118 Å². The lowest BCUT2D eigenvalue weighted by Crippen LogP contribution is -2.15. The first kappa shape index (κ1) is 13.0. The first-order valence-corrected chi connectivity index (χ1v) is 7.28. The molecule has 2 nitrogen and oxygen atoms in total. The van der Waals surface area contributed by atoms with Crippen LogP contribution in [0.5, 0.6) is 0 Å². The lowest BCUT2D eigenvalue weighted by molar-refractivity contribution is 0.693. The zero-order valence-corrected chi connectivity index (χ0v) is 12.3. The molecule has 90 valence electrons. The second-order valence-corrected chi connectivity index (χ2v) is 6.21. The van der Waals surface area contributed by atoms with E-state index in [1.807, 2.05) is 24.5 Å². The molecule has 1 N–H and O–H groups in total. The lowest BCUT2D eigenvalue weighted by atomic mass is 10.2. The van der Waals surface area contributed by atoms with Gasteiger partial charge >= 0.3 is 0 Å². The van der Waals surface area contributed by atoms with Crippen molar-refractivity contribution < 1.29 is 0 Å². The molecule has 0 spiro atoms. The van der Waals surface area contributed by atoms with Gasteiger partial charge in [0.1, 0.15) is 4.34 Å². The maximum absolute atomic E-state index is 5.98. The van der Waals surface area contributed by atoms with E-state index in [1.54, 1.807) is 11.3 Å². The second kappa shape index (κ2) is 6.50. The van der Waals surface area contributed by atoms with Gasteiger partial charge in [-0.1, -0.05) is 11.6 Å². The average molecular weight is 332 g/mol. The Bertz CT molecular complexity index is 453. The molecule has 0 radical (unpaired) electrons. The van der Waals surface area contributed by atoms with Crippen molar-refractivity contribution in [1.29, 1.82) is 0 Å². The summed E-state index contributed by atoms with van der Waals surface area (Å²) >= 11 is 11.0. The molecule has 0 atom stereocenters. The third-order valence-electron chi connectivity index (χ3n) is 2.34. The molecule has 2 rings (SSSR count). The topological polar surface area (TPSA) is 24.9 Å². The molecule has 0 aliphatic carbocycles. The number of halogens is 2. The molecule has 0 aliphatic rings. The summed E-state index contributed by atoms with van der Waals surface area (Å²) in [4.78, 5) is 5.24. The average Bonchev–Trinajstić information content (AvgIpc) is 2.66. The van der Waals surface area contributed by atoms with Gasteiger partial charge in [0, 0.05) is 28.3 Å². The van der Waals surface area contributed by atoms with Gasteiger partial charge in [-0.15, -0.1) is 11.3 Å². The Morgan fingerprint density at radius 3 is 2.76 bits per heavy atom. The molecular formula is C12H12BrClN2S. The van der Waals surface area contributed by atoms with E-state index in [9.17, 15) is 0 Å². The molecule has 0 unspecified atom stereocenters. The van der Waals surface area contributed by atoms with E-state index in [0.29, 0.717) is 0 Å². The summed E-state index contributed by atoms with van der Waals surface area (Å²) in [5, 5.41) is 3.40. The SMILES string of the molecule is Clc1sc(CNCCc2ccncc2)cc1Br. The molecule has 0 saturated heterocycles. The van der Waals surface area contributed by atoms with Crippen molar-refractivity contribution in [3.63, 3.8) is 0 Å². The number of nitrogens with zero attached hydrogens (tertiary/aromatic N) is 1. The Hall–Kier alpha value is -0.420. The highest BCUT2D eigenvalue weighted by Gasteiger charge is 2.03. The Balaban J connectivity index is 1.73. The standard InChI is InChI=1S/C12H12BrClN2S/c13-11-7-10(17-12(11)14)8-16-6-3-9-1-4-15-5-2-9/h1-2,4-5,7,16H,3,6,8H2. The summed E-state index contributed by atoms with van der Waals surface area (Å²) < 4.78 is 1.80. The predicted molar refractivity (Wildman–Crippen MR) is 76.7 cm³/mol. The largest absolute Gasteiger partial charge is 0.312 e. The normalized spacial score (nSPS) is 10.7. The highest BCUT2D eigenvalue weighted by atomic mass is 79.9. The van der Waals surface area contributed by atoms with Crippen LogP contribution in [0, 0.1) is 0 Å². The molecule has 2 aromatic heterocycles. The van der Waals surface area contributed by atoms with Crippen molar-refractivity contribution in [1.82, 2.24) is 10.3 Å². The van der Waals surface area contributed by atoms with E-state index in [2.05, 4.69) is 32.3 Å². The molecule has 0 amide bonds. The highest BCUT2D eigenvalue weighted by Crippen LogP contribution is 2.31. The number of thiophene rings is 1. The first-order chi connectivity index (χ1) is 8.25. The second-order valence-electron chi connectivity index (χ2n) is 3.62. The molecule has 2 heterocycles. The fraction of sp³-hybridized carbons (Fsp3) is 0.250. The van der Waals surface area contributed by atoms with Gasteiger partial charge in [-0.3, -0.25) is 4.98 Å². The number of hydrogen-bond acceptors (Lipinski definition) is 3. The van der Waals surface area contributed by atoms with Gasteiger partial charge in [0.25, 0.3) is 0 Å². The molecule has 17 heavy (non-hydrogen) atoms. The maximum atomic E-state index is 5.98. The number of aromatic nitrogens is 1.